The van der Waals surface area contributed by atoms with E-state index in [1.165, 1.54) is 48.7 Å². The molecule has 3 aliphatic rings. The van der Waals surface area contributed by atoms with Crippen LogP contribution in [0, 0.1) is 33.3 Å². The van der Waals surface area contributed by atoms with E-state index in [1.807, 2.05) is 6.07 Å². The Labute approximate surface area is 208 Å². The number of halogens is 2. The maximum atomic E-state index is 13.7. The van der Waals surface area contributed by atoms with Crippen LogP contribution in [0.1, 0.15) is 10.4 Å². The molecule has 0 spiro atoms. The van der Waals surface area contributed by atoms with Crippen molar-refractivity contribution < 1.29 is 19.3 Å². The monoisotopic (exact) mass is 508 g/mol. The second-order valence-corrected chi connectivity index (χ2v) is 9.11. The molecule has 174 valence electrons. The molecule has 3 aliphatic heterocycles. The summed E-state index contributed by atoms with van der Waals surface area (Å²) < 4.78 is 0. The Kier molecular flexibility index (Phi) is 5.43. The number of carbonyl (C=O) groups excluding carboxylic acids is 3. The van der Waals surface area contributed by atoms with Crippen molar-refractivity contribution in [3.63, 3.8) is 0 Å². The number of nitriles is 1. The largest absolute Gasteiger partial charge is 0.359 e. The molecule has 0 saturated carbocycles. The number of fused-ring (bicyclic) bond motifs is 3. The van der Waals surface area contributed by atoms with Gasteiger partial charge >= 0.3 is 0 Å². The molecule has 4 atom stereocenters. The third-order valence-electron chi connectivity index (χ3n) is 6.44. The second-order valence-electron chi connectivity index (χ2n) is 8.26. The minimum Gasteiger partial charge on any atom is -0.359 e. The number of anilines is 1. The third kappa shape index (κ3) is 3.50. The van der Waals surface area contributed by atoms with Crippen molar-refractivity contribution in [3.8, 4) is 6.07 Å². The summed E-state index contributed by atoms with van der Waals surface area (Å²) in [4.78, 5) is 54.1. The summed E-state index contributed by atoms with van der Waals surface area (Å²) in [5.74, 6) is -3.78. The number of allylic oxidation sites excluding steroid dienone is 2. The molecule has 0 N–H and O–H groups in total. The van der Waals surface area contributed by atoms with E-state index in [-0.39, 0.29) is 27.5 Å². The van der Waals surface area contributed by atoms with Gasteiger partial charge in [-0.15, -0.1) is 0 Å². The minimum atomic E-state index is -1.12. The number of benzene rings is 2. The number of carbonyl (C=O) groups is 3. The van der Waals surface area contributed by atoms with E-state index in [4.69, 9.17) is 23.2 Å². The van der Waals surface area contributed by atoms with Gasteiger partial charge in [0.15, 0.2) is 5.78 Å². The van der Waals surface area contributed by atoms with Gasteiger partial charge in [-0.2, -0.15) is 5.26 Å². The fraction of sp³-hybridized carbons (Fsp3) is 0.167. The number of nitro groups is 1. The number of nitrogens with zero attached hydrogens (tertiary/aromatic N) is 4. The lowest BCUT2D eigenvalue weighted by molar-refractivity contribution is -0.384. The number of Topliss-reactive ketones (excluding diaryl/α,β-unsaturated/α-hetero) is 1. The van der Waals surface area contributed by atoms with Gasteiger partial charge in [0.1, 0.15) is 6.04 Å². The highest BCUT2D eigenvalue weighted by Gasteiger charge is 2.63. The van der Waals surface area contributed by atoms with Crippen LogP contribution in [0.5, 0.6) is 0 Å². The number of amides is 2. The van der Waals surface area contributed by atoms with Crippen LogP contribution in [0.15, 0.2) is 66.4 Å². The van der Waals surface area contributed by atoms with Crippen molar-refractivity contribution in [3.05, 3.63) is 92.1 Å². The summed E-state index contributed by atoms with van der Waals surface area (Å²) >= 11 is 12.2. The summed E-state index contributed by atoms with van der Waals surface area (Å²) in [6.07, 6.45) is 4.56. The van der Waals surface area contributed by atoms with Crippen LogP contribution in [0.25, 0.3) is 0 Å². The van der Waals surface area contributed by atoms with Crippen LogP contribution in [0.2, 0.25) is 10.0 Å². The molecule has 0 bridgehead atoms. The first-order valence-electron chi connectivity index (χ1n) is 10.4. The van der Waals surface area contributed by atoms with Gasteiger partial charge < -0.3 is 4.90 Å². The molecule has 0 aliphatic carbocycles. The molecule has 2 aromatic rings. The lowest BCUT2D eigenvalue weighted by atomic mass is 9.86. The summed E-state index contributed by atoms with van der Waals surface area (Å²) in [5.41, 5.74) is 0.197. The molecule has 35 heavy (non-hydrogen) atoms. The van der Waals surface area contributed by atoms with Crippen molar-refractivity contribution in [1.82, 2.24) is 4.90 Å². The summed E-state index contributed by atoms with van der Waals surface area (Å²) in [6.45, 7) is 0. The molecule has 2 saturated heterocycles. The SMILES string of the molecule is N#CC1=C[C@@H]2[C@H]3C(=O)N(c4ccc(Cl)cc4Cl)C(=O)[C@H]3[C@@H](C(=O)c3cccc([N+](=O)[O-])c3)N2C=C1. The van der Waals surface area contributed by atoms with Crippen LogP contribution in [-0.4, -0.2) is 39.5 Å². The van der Waals surface area contributed by atoms with E-state index in [0.29, 0.717) is 5.02 Å². The minimum absolute atomic E-state index is 0.0373. The van der Waals surface area contributed by atoms with E-state index >= 15 is 0 Å². The molecule has 9 nitrogen and oxygen atoms in total. The molecule has 3 heterocycles. The van der Waals surface area contributed by atoms with Gasteiger partial charge in [-0.1, -0.05) is 35.3 Å². The third-order valence-corrected chi connectivity index (χ3v) is 6.98. The van der Waals surface area contributed by atoms with E-state index < -0.39 is 46.4 Å². The van der Waals surface area contributed by atoms with Gasteiger partial charge in [0, 0.05) is 28.9 Å². The Bertz CT molecular complexity index is 1430. The summed E-state index contributed by atoms with van der Waals surface area (Å²) in [7, 11) is 0. The molecule has 0 aromatic heterocycles. The fourth-order valence-electron chi connectivity index (χ4n) is 4.96. The molecule has 2 fully saturated rings. The zero-order valence-corrected chi connectivity index (χ0v) is 19.2. The van der Waals surface area contributed by atoms with Gasteiger partial charge in [-0.25, -0.2) is 4.90 Å². The topological polar surface area (TPSA) is 125 Å². The number of ketones is 1. The molecule has 2 amide bonds. The average Bonchev–Trinajstić information content (AvgIpc) is 3.31. The highest BCUT2D eigenvalue weighted by molar-refractivity contribution is 6.38. The van der Waals surface area contributed by atoms with Crippen LogP contribution in [0.3, 0.4) is 0 Å². The molecule has 5 rings (SSSR count). The Morgan fingerprint density at radius 3 is 2.51 bits per heavy atom. The summed E-state index contributed by atoms with van der Waals surface area (Å²) in [5, 5.41) is 21.0. The number of imide groups is 1. The standard InChI is InChI=1S/C24H14Cl2N4O5/c25-14-4-5-17(16(26)10-14)29-23(32)19-18-8-12(11-27)6-7-28(18)21(20(19)24(29)33)22(31)13-2-1-3-15(9-13)30(34)35/h1-10,18-21H/t18-,19-,20-,21+/m1/s1. The number of nitro benzene ring substituents is 1. The molecule has 0 unspecified atom stereocenters. The van der Waals surface area contributed by atoms with E-state index in [0.717, 1.165) is 11.0 Å². The molecule has 0 radical (unpaired) electrons. The maximum absolute atomic E-state index is 13.7. The number of rotatable bonds is 4. The Morgan fingerprint density at radius 1 is 1.09 bits per heavy atom. The predicted molar refractivity (Wildman–Crippen MR) is 126 cm³/mol. The number of hydrogen-bond acceptors (Lipinski definition) is 7. The zero-order valence-electron chi connectivity index (χ0n) is 17.7. The average molecular weight is 509 g/mol. The molecule has 2 aromatic carbocycles. The Morgan fingerprint density at radius 2 is 1.83 bits per heavy atom. The number of non-ortho nitro benzene ring substituents is 1. The first kappa shape index (κ1) is 22.8. The van der Waals surface area contributed by atoms with Crippen LogP contribution >= 0.6 is 23.2 Å². The van der Waals surface area contributed by atoms with Crippen molar-refractivity contribution in [2.75, 3.05) is 4.90 Å². The first-order chi connectivity index (χ1) is 16.7. The van der Waals surface area contributed by atoms with Crippen molar-refractivity contribution in [1.29, 1.82) is 5.26 Å². The Hall–Kier alpha value is -4.00. The van der Waals surface area contributed by atoms with E-state index in [1.54, 1.807) is 11.0 Å². The lowest BCUT2D eigenvalue weighted by Crippen LogP contribution is -2.46. The van der Waals surface area contributed by atoms with E-state index in [9.17, 15) is 29.8 Å². The summed E-state index contributed by atoms with van der Waals surface area (Å²) in [6, 6.07) is 9.73. The van der Waals surface area contributed by atoms with Crippen molar-refractivity contribution >= 4 is 52.2 Å². The van der Waals surface area contributed by atoms with E-state index in [2.05, 4.69) is 0 Å². The van der Waals surface area contributed by atoms with Crippen molar-refractivity contribution in [2.24, 2.45) is 11.8 Å². The van der Waals surface area contributed by atoms with Gasteiger partial charge in [-0.3, -0.25) is 24.5 Å². The maximum Gasteiger partial charge on any atom is 0.270 e. The molecular formula is C24H14Cl2N4O5. The molecular weight excluding hydrogens is 495 g/mol. The predicted octanol–water partition coefficient (Wildman–Crippen LogP) is 3.92. The second kappa shape index (κ2) is 8.34. The molecule has 11 heteroatoms. The van der Waals surface area contributed by atoms with Crippen LogP contribution < -0.4 is 4.90 Å². The number of hydrogen-bond donors (Lipinski definition) is 0. The van der Waals surface area contributed by atoms with Gasteiger partial charge in [0.25, 0.3) is 5.69 Å². The van der Waals surface area contributed by atoms with Gasteiger partial charge in [0.2, 0.25) is 11.8 Å². The van der Waals surface area contributed by atoms with Crippen molar-refractivity contribution in [2.45, 2.75) is 12.1 Å². The zero-order chi connectivity index (χ0) is 25.0. The first-order valence-corrected chi connectivity index (χ1v) is 11.2. The Balaban J connectivity index is 1.62. The normalized spacial score (nSPS) is 24.7. The fourth-order valence-corrected chi connectivity index (χ4v) is 5.46. The highest BCUT2D eigenvalue weighted by atomic mass is 35.5. The smallest absolute Gasteiger partial charge is 0.270 e. The van der Waals surface area contributed by atoms with Crippen LogP contribution in [-0.2, 0) is 9.59 Å². The quantitative estimate of drug-likeness (QED) is 0.265. The lowest BCUT2D eigenvalue weighted by Gasteiger charge is -2.32. The van der Waals surface area contributed by atoms with Crippen LogP contribution in [0.4, 0.5) is 11.4 Å². The highest BCUT2D eigenvalue weighted by Crippen LogP contribution is 2.48. The van der Waals surface area contributed by atoms with Gasteiger partial charge in [-0.05, 0) is 30.4 Å². The van der Waals surface area contributed by atoms with Gasteiger partial charge in [0.05, 0.1) is 45.2 Å².